The largest absolute Gasteiger partial charge is 0.369 e. The van der Waals surface area contributed by atoms with Crippen LogP contribution in [0.5, 0.6) is 0 Å². The van der Waals surface area contributed by atoms with Crippen LogP contribution in [-0.4, -0.2) is 39.6 Å². The van der Waals surface area contributed by atoms with Gasteiger partial charge in [0, 0.05) is 12.7 Å². The van der Waals surface area contributed by atoms with Crippen LogP contribution in [0.1, 0.15) is 18.0 Å². The van der Waals surface area contributed by atoms with E-state index in [4.69, 9.17) is 5.73 Å². The molecule has 1 unspecified atom stereocenters. The Bertz CT molecular complexity index is 559. The first-order chi connectivity index (χ1) is 8.16. The molecule has 0 aromatic carbocycles. The van der Waals surface area contributed by atoms with Crippen LogP contribution < -0.4 is 5.73 Å². The Morgan fingerprint density at radius 2 is 2.29 bits per heavy atom. The lowest BCUT2D eigenvalue weighted by atomic mass is 10.2. The summed E-state index contributed by atoms with van der Waals surface area (Å²) in [6.45, 7) is 4.17. The van der Waals surface area contributed by atoms with Gasteiger partial charge in [-0.15, -0.1) is 0 Å². The Morgan fingerprint density at radius 1 is 1.47 bits per heavy atom. The number of likely N-dealkylation sites (N-methyl/N-ethyl adjacent to an activating group) is 1. The molecule has 17 heavy (non-hydrogen) atoms. The Morgan fingerprint density at radius 3 is 3.00 bits per heavy atom. The maximum absolute atomic E-state index is 6.04. The van der Waals surface area contributed by atoms with Crippen molar-refractivity contribution in [3.8, 4) is 0 Å². The number of pyridine rings is 1. The van der Waals surface area contributed by atoms with E-state index in [1.807, 2.05) is 19.2 Å². The molecule has 3 heterocycles. The summed E-state index contributed by atoms with van der Waals surface area (Å²) in [6.07, 6.45) is 2.94. The van der Waals surface area contributed by atoms with Crippen molar-refractivity contribution >= 4 is 17.1 Å². The maximum Gasteiger partial charge on any atom is 0.202 e. The van der Waals surface area contributed by atoms with Crippen molar-refractivity contribution in [3.63, 3.8) is 0 Å². The third-order valence-electron chi connectivity index (χ3n) is 3.54. The van der Waals surface area contributed by atoms with Crippen LogP contribution in [-0.2, 0) is 0 Å². The molecule has 1 fully saturated rings. The average Bonchev–Trinajstić information content (AvgIpc) is 2.82. The van der Waals surface area contributed by atoms with E-state index in [0.717, 1.165) is 36.2 Å². The minimum absolute atomic E-state index is 0.402. The van der Waals surface area contributed by atoms with Gasteiger partial charge in [-0.05, 0) is 38.6 Å². The molecule has 0 radical (unpaired) electrons. The van der Waals surface area contributed by atoms with Crippen LogP contribution in [0.25, 0.3) is 11.2 Å². The fraction of sp³-hybridized carbons (Fsp3) is 0.500. The highest BCUT2D eigenvalue weighted by atomic mass is 15.3. The molecule has 1 saturated heterocycles. The second-order valence-electron chi connectivity index (χ2n) is 4.84. The van der Waals surface area contributed by atoms with Gasteiger partial charge in [-0.1, -0.05) is 0 Å². The molecular weight excluding hydrogens is 214 g/mol. The molecule has 0 amide bonds. The van der Waals surface area contributed by atoms with Crippen molar-refractivity contribution in [2.45, 2.75) is 19.4 Å². The highest BCUT2D eigenvalue weighted by Crippen LogP contribution is 2.28. The molecule has 90 valence electrons. The van der Waals surface area contributed by atoms with Gasteiger partial charge in [-0.2, -0.15) is 0 Å². The topological polar surface area (TPSA) is 60.0 Å². The first-order valence-electron chi connectivity index (χ1n) is 5.94. The normalized spacial score (nSPS) is 21.4. The van der Waals surface area contributed by atoms with Crippen molar-refractivity contribution in [3.05, 3.63) is 17.8 Å². The number of fused-ring (bicyclic) bond motifs is 1. The fourth-order valence-electron chi connectivity index (χ4n) is 2.61. The number of aromatic nitrogens is 3. The van der Waals surface area contributed by atoms with Crippen LogP contribution in [0.15, 0.2) is 12.3 Å². The third-order valence-corrected chi connectivity index (χ3v) is 3.54. The van der Waals surface area contributed by atoms with E-state index in [2.05, 4.69) is 26.5 Å². The smallest absolute Gasteiger partial charge is 0.202 e. The SMILES string of the molecule is Cc1ccnc2c1nc(N)n2C1CCN(C)C1. The van der Waals surface area contributed by atoms with Gasteiger partial charge in [-0.3, -0.25) is 4.57 Å². The van der Waals surface area contributed by atoms with Gasteiger partial charge in [0.15, 0.2) is 5.65 Å². The standard InChI is InChI=1S/C12H17N5/c1-8-3-5-14-11-10(8)15-12(13)17(11)9-4-6-16(2)7-9/h3,5,9H,4,6-7H2,1-2H3,(H2,13,15). The van der Waals surface area contributed by atoms with E-state index in [1.165, 1.54) is 0 Å². The number of aryl methyl sites for hydroxylation is 1. The summed E-state index contributed by atoms with van der Waals surface area (Å²) in [5, 5.41) is 0. The van der Waals surface area contributed by atoms with Gasteiger partial charge >= 0.3 is 0 Å². The number of likely N-dealkylation sites (tertiary alicyclic amines) is 1. The van der Waals surface area contributed by atoms with Crippen LogP contribution in [0.3, 0.4) is 0 Å². The van der Waals surface area contributed by atoms with E-state index in [1.54, 1.807) is 0 Å². The Hall–Kier alpha value is -1.62. The molecule has 3 rings (SSSR count). The monoisotopic (exact) mass is 231 g/mol. The number of hydrogen-bond donors (Lipinski definition) is 1. The lowest BCUT2D eigenvalue weighted by molar-refractivity contribution is 0.395. The molecule has 1 aliphatic rings. The molecule has 1 atom stereocenters. The molecule has 2 aromatic heterocycles. The fourth-order valence-corrected chi connectivity index (χ4v) is 2.61. The molecule has 0 saturated carbocycles. The summed E-state index contributed by atoms with van der Waals surface area (Å²) in [7, 11) is 2.13. The van der Waals surface area contributed by atoms with Crippen LogP contribution in [0.4, 0.5) is 5.95 Å². The highest BCUT2D eigenvalue weighted by molar-refractivity contribution is 5.77. The zero-order valence-corrected chi connectivity index (χ0v) is 10.2. The maximum atomic E-state index is 6.04. The first-order valence-corrected chi connectivity index (χ1v) is 5.94. The number of rotatable bonds is 1. The molecule has 1 aliphatic heterocycles. The van der Waals surface area contributed by atoms with Crippen molar-refractivity contribution in [1.29, 1.82) is 0 Å². The van der Waals surface area contributed by atoms with E-state index < -0.39 is 0 Å². The number of imidazole rings is 1. The number of anilines is 1. The van der Waals surface area contributed by atoms with Crippen molar-refractivity contribution in [2.24, 2.45) is 0 Å². The van der Waals surface area contributed by atoms with E-state index in [9.17, 15) is 0 Å². The van der Waals surface area contributed by atoms with Gasteiger partial charge in [0.1, 0.15) is 5.52 Å². The van der Waals surface area contributed by atoms with E-state index in [0.29, 0.717) is 12.0 Å². The molecular formula is C12H17N5. The van der Waals surface area contributed by atoms with E-state index in [-0.39, 0.29) is 0 Å². The van der Waals surface area contributed by atoms with Gasteiger partial charge in [0.2, 0.25) is 5.95 Å². The predicted octanol–water partition coefficient (Wildman–Crippen LogP) is 1.20. The number of nitrogens with two attached hydrogens (primary N) is 1. The third kappa shape index (κ3) is 1.58. The number of hydrogen-bond acceptors (Lipinski definition) is 4. The summed E-state index contributed by atoms with van der Waals surface area (Å²) < 4.78 is 2.09. The second kappa shape index (κ2) is 3.70. The molecule has 0 bridgehead atoms. The Kier molecular flexibility index (Phi) is 2.29. The lowest BCUT2D eigenvalue weighted by Crippen LogP contribution is -2.17. The molecule has 0 spiro atoms. The number of nitrogens with zero attached hydrogens (tertiary/aromatic N) is 4. The second-order valence-corrected chi connectivity index (χ2v) is 4.84. The zero-order valence-electron chi connectivity index (χ0n) is 10.2. The van der Waals surface area contributed by atoms with Crippen molar-refractivity contribution in [1.82, 2.24) is 19.4 Å². The minimum atomic E-state index is 0.402. The highest BCUT2D eigenvalue weighted by Gasteiger charge is 2.25. The van der Waals surface area contributed by atoms with Gasteiger partial charge in [0.25, 0.3) is 0 Å². The zero-order chi connectivity index (χ0) is 12.0. The summed E-state index contributed by atoms with van der Waals surface area (Å²) in [5.41, 5.74) is 9.02. The summed E-state index contributed by atoms with van der Waals surface area (Å²) in [4.78, 5) is 11.2. The Labute approximate surface area is 100 Å². The van der Waals surface area contributed by atoms with Crippen molar-refractivity contribution < 1.29 is 0 Å². The lowest BCUT2D eigenvalue weighted by Gasteiger charge is -2.14. The van der Waals surface area contributed by atoms with Gasteiger partial charge in [-0.25, -0.2) is 9.97 Å². The van der Waals surface area contributed by atoms with Gasteiger partial charge in [0.05, 0.1) is 6.04 Å². The molecule has 2 N–H and O–H groups in total. The summed E-state index contributed by atoms with van der Waals surface area (Å²) >= 11 is 0. The van der Waals surface area contributed by atoms with Crippen LogP contribution in [0, 0.1) is 6.92 Å². The molecule has 5 heteroatoms. The number of nitrogen functional groups attached to an aromatic ring is 1. The summed E-state index contributed by atoms with van der Waals surface area (Å²) in [5.74, 6) is 0.585. The summed E-state index contributed by atoms with van der Waals surface area (Å²) in [6, 6.07) is 2.37. The van der Waals surface area contributed by atoms with Gasteiger partial charge < -0.3 is 10.6 Å². The van der Waals surface area contributed by atoms with Crippen molar-refractivity contribution in [2.75, 3.05) is 25.9 Å². The quantitative estimate of drug-likeness (QED) is 0.801. The Balaban J connectivity index is 2.16. The molecule has 0 aliphatic carbocycles. The molecule has 5 nitrogen and oxygen atoms in total. The van der Waals surface area contributed by atoms with Crippen LogP contribution in [0.2, 0.25) is 0 Å². The minimum Gasteiger partial charge on any atom is -0.369 e. The van der Waals surface area contributed by atoms with E-state index >= 15 is 0 Å². The molecule has 2 aromatic rings. The average molecular weight is 231 g/mol. The van der Waals surface area contributed by atoms with Crippen LogP contribution >= 0.6 is 0 Å². The first kappa shape index (κ1) is 10.5. The predicted molar refractivity (Wildman–Crippen MR) is 67.8 cm³/mol.